The van der Waals surface area contributed by atoms with E-state index >= 15 is 0 Å². The molecule has 1 aliphatic rings. The predicted molar refractivity (Wildman–Crippen MR) is 91.5 cm³/mol. The van der Waals surface area contributed by atoms with Gasteiger partial charge in [-0.2, -0.15) is 0 Å². The molecule has 122 valence electrons. The number of hydrogen-bond donors (Lipinski definition) is 0. The van der Waals surface area contributed by atoms with Gasteiger partial charge in [0.2, 0.25) is 0 Å². The molecular weight excluding hydrogens is 290 g/mol. The summed E-state index contributed by atoms with van der Waals surface area (Å²) in [5.74, 6) is 2.41. The maximum Gasteiger partial charge on any atom is 0.168 e. The molecular formula is C19H23NO3. The van der Waals surface area contributed by atoms with Gasteiger partial charge in [-0.05, 0) is 38.7 Å². The lowest BCUT2D eigenvalue weighted by molar-refractivity contribution is 0.0866. The molecule has 1 aliphatic heterocycles. The van der Waals surface area contributed by atoms with Gasteiger partial charge in [-0.1, -0.05) is 18.2 Å². The van der Waals surface area contributed by atoms with Gasteiger partial charge in [0, 0.05) is 23.1 Å². The van der Waals surface area contributed by atoms with Crippen LogP contribution in [0.1, 0.15) is 11.1 Å². The number of benzene rings is 2. The van der Waals surface area contributed by atoms with E-state index in [1.54, 1.807) is 14.2 Å². The fraction of sp³-hybridized carbons (Fsp3) is 0.368. The Bertz CT molecular complexity index is 725. The number of nitrogens with zero attached hydrogens (tertiary/aromatic N) is 1. The maximum absolute atomic E-state index is 6.21. The molecule has 2 aromatic carbocycles. The molecule has 0 saturated heterocycles. The molecule has 0 saturated carbocycles. The van der Waals surface area contributed by atoms with Crippen molar-refractivity contribution >= 4 is 0 Å². The van der Waals surface area contributed by atoms with Crippen molar-refractivity contribution in [3.05, 3.63) is 41.5 Å². The number of hydrogen-bond acceptors (Lipinski definition) is 4. The van der Waals surface area contributed by atoms with Gasteiger partial charge in [-0.3, -0.25) is 4.90 Å². The molecule has 2 aromatic rings. The molecule has 4 heteroatoms. The third-order valence-electron chi connectivity index (χ3n) is 4.23. The van der Waals surface area contributed by atoms with Gasteiger partial charge in [-0.25, -0.2) is 0 Å². The second kappa shape index (κ2) is 6.13. The minimum atomic E-state index is 0.0714. The van der Waals surface area contributed by atoms with Crippen LogP contribution < -0.4 is 14.2 Å². The van der Waals surface area contributed by atoms with E-state index in [2.05, 4.69) is 24.0 Å². The summed E-state index contributed by atoms with van der Waals surface area (Å²) in [4.78, 5) is 2.10. The zero-order chi connectivity index (χ0) is 16.6. The van der Waals surface area contributed by atoms with Crippen LogP contribution in [0.3, 0.4) is 0 Å². The summed E-state index contributed by atoms with van der Waals surface area (Å²) in [5, 5.41) is 0. The SMILES string of the molecule is COc1cccc(-c2cc(C)cc3c2OC(N(C)C)C3)c1OC. The van der Waals surface area contributed by atoms with Crippen LogP contribution in [0, 0.1) is 6.92 Å². The van der Waals surface area contributed by atoms with E-state index in [0.29, 0.717) is 0 Å². The summed E-state index contributed by atoms with van der Waals surface area (Å²) in [6.45, 7) is 2.11. The van der Waals surface area contributed by atoms with E-state index in [9.17, 15) is 0 Å². The predicted octanol–water partition coefficient (Wildman–Crippen LogP) is 3.50. The van der Waals surface area contributed by atoms with Gasteiger partial charge in [0.15, 0.2) is 17.7 Å². The molecule has 4 nitrogen and oxygen atoms in total. The Morgan fingerprint density at radius 2 is 1.87 bits per heavy atom. The molecule has 0 aliphatic carbocycles. The highest BCUT2D eigenvalue weighted by atomic mass is 16.5. The first-order chi connectivity index (χ1) is 11.0. The lowest BCUT2D eigenvalue weighted by Crippen LogP contribution is -2.31. The van der Waals surface area contributed by atoms with E-state index in [0.717, 1.165) is 34.8 Å². The Morgan fingerprint density at radius 1 is 1.09 bits per heavy atom. The Hall–Kier alpha value is -2.20. The molecule has 0 radical (unpaired) electrons. The molecule has 0 bridgehead atoms. The highest BCUT2D eigenvalue weighted by molar-refractivity contribution is 5.80. The van der Waals surface area contributed by atoms with Crippen molar-refractivity contribution in [3.8, 4) is 28.4 Å². The van der Waals surface area contributed by atoms with Crippen LogP contribution in [-0.4, -0.2) is 39.4 Å². The van der Waals surface area contributed by atoms with Crippen molar-refractivity contribution in [1.82, 2.24) is 4.90 Å². The average molecular weight is 313 g/mol. The van der Waals surface area contributed by atoms with Gasteiger partial charge >= 0.3 is 0 Å². The zero-order valence-electron chi connectivity index (χ0n) is 14.3. The fourth-order valence-electron chi connectivity index (χ4n) is 3.09. The van der Waals surface area contributed by atoms with E-state index in [4.69, 9.17) is 14.2 Å². The number of rotatable bonds is 4. The lowest BCUT2D eigenvalue weighted by atomic mass is 9.97. The molecule has 0 aromatic heterocycles. The monoisotopic (exact) mass is 313 g/mol. The third kappa shape index (κ3) is 2.75. The topological polar surface area (TPSA) is 30.9 Å². The molecule has 0 N–H and O–H groups in total. The Morgan fingerprint density at radius 3 is 2.52 bits per heavy atom. The summed E-state index contributed by atoms with van der Waals surface area (Å²) >= 11 is 0. The number of aryl methyl sites for hydroxylation is 1. The van der Waals surface area contributed by atoms with Gasteiger partial charge in [0.05, 0.1) is 14.2 Å². The Balaban J connectivity index is 2.16. The Labute approximate surface area is 137 Å². The molecule has 1 atom stereocenters. The smallest absolute Gasteiger partial charge is 0.168 e. The normalized spacial score (nSPS) is 16.2. The third-order valence-corrected chi connectivity index (χ3v) is 4.23. The van der Waals surface area contributed by atoms with Crippen molar-refractivity contribution in [2.24, 2.45) is 0 Å². The number of likely N-dealkylation sites (N-methyl/N-ethyl adjacent to an activating group) is 1. The van der Waals surface area contributed by atoms with Gasteiger partial charge in [-0.15, -0.1) is 0 Å². The number of methoxy groups -OCH3 is 2. The van der Waals surface area contributed by atoms with Crippen LogP contribution in [-0.2, 0) is 6.42 Å². The first kappa shape index (κ1) is 15.7. The van der Waals surface area contributed by atoms with Gasteiger partial charge in [0.25, 0.3) is 0 Å². The van der Waals surface area contributed by atoms with E-state index in [1.807, 2.05) is 32.3 Å². The minimum Gasteiger partial charge on any atom is -0.493 e. The first-order valence-electron chi connectivity index (χ1n) is 7.73. The number of fused-ring (bicyclic) bond motifs is 1. The summed E-state index contributed by atoms with van der Waals surface area (Å²) < 4.78 is 17.2. The van der Waals surface area contributed by atoms with Crippen LogP contribution in [0.5, 0.6) is 17.2 Å². The molecule has 3 rings (SSSR count). The summed E-state index contributed by atoms with van der Waals surface area (Å²) in [5.41, 5.74) is 4.50. The fourth-order valence-corrected chi connectivity index (χ4v) is 3.09. The average Bonchev–Trinajstić information content (AvgIpc) is 2.97. The van der Waals surface area contributed by atoms with Crippen LogP contribution in [0.4, 0.5) is 0 Å². The van der Waals surface area contributed by atoms with E-state index in [1.165, 1.54) is 11.1 Å². The molecule has 1 unspecified atom stereocenters. The highest BCUT2D eigenvalue weighted by Gasteiger charge is 2.29. The highest BCUT2D eigenvalue weighted by Crippen LogP contribution is 2.45. The van der Waals surface area contributed by atoms with Crippen molar-refractivity contribution in [2.75, 3.05) is 28.3 Å². The van der Waals surface area contributed by atoms with Crippen molar-refractivity contribution in [2.45, 2.75) is 19.6 Å². The molecule has 0 fully saturated rings. The summed E-state index contributed by atoms with van der Waals surface area (Å²) in [7, 11) is 7.39. The van der Waals surface area contributed by atoms with Crippen molar-refractivity contribution in [3.63, 3.8) is 0 Å². The van der Waals surface area contributed by atoms with Gasteiger partial charge < -0.3 is 14.2 Å². The van der Waals surface area contributed by atoms with Crippen LogP contribution in [0.15, 0.2) is 30.3 Å². The molecule has 1 heterocycles. The summed E-state index contributed by atoms with van der Waals surface area (Å²) in [6.07, 6.45) is 0.964. The van der Waals surface area contributed by atoms with Crippen molar-refractivity contribution in [1.29, 1.82) is 0 Å². The summed E-state index contributed by atoms with van der Waals surface area (Å²) in [6, 6.07) is 10.3. The Kier molecular flexibility index (Phi) is 4.18. The van der Waals surface area contributed by atoms with E-state index in [-0.39, 0.29) is 6.23 Å². The molecule has 0 amide bonds. The first-order valence-corrected chi connectivity index (χ1v) is 7.73. The maximum atomic E-state index is 6.21. The standard InChI is InChI=1S/C19H23NO3/c1-12-9-13-11-17(20(2)3)23-18(13)15(10-12)14-7-6-8-16(21-4)19(14)22-5/h6-10,17H,11H2,1-5H3. The second-order valence-electron chi connectivity index (χ2n) is 6.08. The quantitative estimate of drug-likeness (QED) is 0.864. The second-order valence-corrected chi connectivity index (χ2v) is 6.08. The van der Waals surface area contributed by atoms with Gasteiger partial charge in [0.1, 0.15) is 5.75 Å². The minimum absolute atomic E-state index is 0.0714. The lowest BCUT2D eigenvalue weighted by Gasteiger charge is -2.20. The van der Waals surface area contributed by atoms with Crippen molar-refractivity contribution < 1.29 is 14.2 Å². The van der Waals surface area contributed by atoms with Crippen LogP contribution in [0.25, 0.3) is 11.1 Å². The molecule has 0 spiro atoms. The molecule has 23 heavy (non-hydrogen) atoms. The zero-order valence-corrected chi connectivity index (χ0v) is 14.3. The van der Waals surface area contributed by atoms with Crippen LogP contribution >= 0.6 is 0 Å². The number of para-hydroxylation sites is 1. The van der Waals surface area contributed by atoms with E-state index < -0.39 is 0 Å². The van der Waals surface area contributed by atoms with Crippen LogP contribution in [0.2, 0.25) is 0 Å². The largest absolute Gasteiger partial charge is 0.493 e. The number of ether oxygens (including phenoxy) is 3.